The third-order valence-electron chi connectivity index (χ3n) is 2.85. The Bertz CT molecular complexity index is 715. The molecule has 2 aromatic rings. The Kier molecular flexibility index (Phi) is 6.93. The van der Waals surface area contributed by atoms with Crippen molar-refractivity contribution in [3.05, 3.63) is 51.7 Å². The number of amides is 2. The van der Waals surface area contributed by atoms with Gasteiger partial charge in [0.05, 0.1) is 10.7 Å². The smallest absolute Gasteiger partial charge is 0.319 e. The summed E-state index contributed by atoms with van der Waals surface area (Å²) in [4.78, 5) is 15.6. The molecule has 0 aliphatic heterocycles. The maximum atomic E-state index is 11.7. The van der Waals surface area contributed by atoms with E-state index >= 15 is 0 Å². The summed E-state index contributed by atoms with van der Waals surface area (Å²) in [6.07, 6.45) is 0.572. The molecule has 2 rings (SSSR count). The molecular weight excluding hydrogens is 377 g/mol. The van der Waals surface area contributed by atoms with Crippen LogP contribution in [0.2, 0.25) is 15.2 Å². The molecule has 6 nitrogen and oxygen atoms in total. The van der Waals surface area contributed by atoms with Gasteiger partial charge in [-0.3, -0.25) is 0 Å². The second kappa shape index (κ2) is 8.94. The van der Waals surface area contributed by atoms with E-state index in [1.54, 1.807) is 30.3 Å². The summed E-state index contributed by atoms with van der Waals surface area (Å²) in [5, 5.41) is 15.7. The molecule has 1 heterocycles. The van der Waals surface area contributed by atoms with Crippen molar-refractivity contribution in [2.75, 3.05) is 18.5 Å². The fourth-order valence-electron chi connectivity index (χ4n) is 1.70. The molecule has 0 radical (unpaired) electrons. The number of aromatic nitrogens is 1. The van der Waals surface area contributed by atoms with Crippen LogP contribution in [0.1, 0.15) is 0 Å². The van der Waals surface area contributed by atoms with E-state index in [0.717, 1.165) is 0 Å². The second-order valence-corrected chi connectivity index (χ2v) is 5.84. The summed E-state index contributed by atoms with van der Waals surface area (Å²) in [7, 11) is 0. The number of halogens is 3. The van der Waals surface area contributed by atoms with Gasteiger partial charge in [0.2, 0.25) is 0 Å². The largest absolute Gasteiger partial charge is 0.489 e. The van der Waals surface area contributed by atoms with Crippen molar-refractivity contribution < 1.29 is 14.6 Å². The number of hydrogen-bond acceptors (Lipinski definition) is 4. The van der Waals surface area contributed by atoms with Crippen molar-refractivity contribution in [1.82, 2.24) is 10.3 Å². The number of pyridine rings is 1. The zero-order chi connectivity index (χ0) is 17.5. The van der Waals surface area contributed by atoms with Crippen LogP contribution in [0.4, 0.5) is 10.5 Å². The van der Waals surface area contributed by atoms with E-state index in [4.69, 9.17) is 39.5 Å². The van der Waals surface area contributed by atoms with Gasteiger partial charge in [-0.2, -0.15) is 0 Å². The number of aliphatic hydroxyl groups is 1. The predicted molar refractivity (Wildman–Crippen MR) is 94.2 cm³/mol. The van der Waals surface area contributed by atoms with Crippen LogP contribution in [0, 0.1) is 0 Å². The minimum atomic E-state index is -0.935. The molecule has 0 fully saturated rings. The van der Waals surface area contributed by atoms with Gasteiger partial charge in [0, 0.05) is 12.7 Å². The van der Waals surface area contributed by atoms with Crippen LogP contribution in [0.25, 0.3) is 0 Å². The minimum Gasteiger partial charge on any atom is -0.489 e. The van der Waals surface area contributed by atoms with Crippen LogP contribution < -0.4 is 15.4 Å². The first-order valence-electron chi connectivity index (χ1n) is 6.87. The highest BCUT2D eigenvalue weighted by molar-refractivity contribution is 6.42. The Balaban J connectivity index is 1.76. The molecule has 1 aromatic heterocycles. The van der Waals surface area contributed by atoms with E-state index in [2.05, 4.69) is 15.6 Å². The van der Waals surface area contributed by atoms with Gasteiger partial charge in [-0.1, -0.05) is 40.9 Å². The molecule has 0 saturated carbocycles. The summed E-state index contributed by atoms with van der Waals surface area (Å²) >= 11 is 17.7. The monoisotopic (exact) mass is 389 g/mol. The van der Waals surface area contributed by atoms with Crippen LogP contribution in [0.3, 0.4) is 0 Å². The fourth-order valence-corrected chi connectivity index (χ4v) is 2.21. The first-order chi connectivity index (χ1) is 11.5. The number of hydrogen-bond donors (Lipinski definition) is 3. The van der Waals surface area contributed by atoms with E-state index < -0.39 is 12.1 Å². The molecule has 1 atom stereocenters. The number of carbonyl (C=O) groups excluding carboxylic acids is 1. The summed E-state index contributed by atoms with van der Waals surface area (Å²) < 4.78 is 5.38. The molecule has 9 heteroatoms. The highest BCUT2D eigenvalue weighted by atomic mass is 35.5. The first kappa shape index (κ1) is 18.6. The molecule has 3 N–H and O–H groups in total. The average molecular weight is 391 g/mol. The van der Waals surface area contributed by atoms with E-state index in [1.165, 1.54) is 6.20 Å². The van der Waals surface area contributed by atoms with Crippen molar-refractivity contribution in [3.8, 4) is 5.75 Å². The maximum absolute atomic E-state index is 11.7. The fraction of sp³-hybridized carbons (Fsp3) is 0.200. The molecule has 2 amide bonds. The molecule has 0 spiro atoms. The Morgan fingerprint density at radius 2 is 2.04 bits per heavy atom. The summed E-state index contributed by atoms with van der Waals surface area (Å²) in [6, 6.07) is 7.66. The van der Waals surface area contributed by atoms with Crippen molar-refractivity contribution in [1.29, 1.82) is 0 Å². The van der Waals surface area contributed by atoms with Gasteiger partial charge in [-0.15, -0.1) is 0 Å². The lowest BCUT2D eigenvalue weighted by Crippen LogP contribution is -2.37. The lowest BCUT2D eigenvalue weighted by molar-refractivity contribution is 0.108. The molecule has 128 valence electrons. The molecule has 0 aliphatic carbocycles. The number of carbonyl (C=O) groups is 1. The predicted octanol–water partition coefficient (Wildman–Crippen LogP) is 3.60. The summed E-state index contributed by atoms with van der Waals surface area (Å²) in [6.45, 7) is -0.0874. The molecule has 0 saturated heterocycles. The molecule has 1 unspecified atom stereocenters. The Labute approximate surface area is 153 Å². The lowest BCUT2D eigenvalue weighted by atomic mass is 10.3. The molecule has 0 aliphatic rings. The van der Waals surface area contributed by atoms with E-state index in [0.29, 0.717) is 16.5 Å². The van der Waals surface area contributed by atoms with Gasteiger partial charge in [0.25, 0.3) is 0 Å². The van der Waals surface area contributed by atoms with E-state index in [-0.39, 0.29) is 23.3 Å². The van der Waals surface area contributed by atoms with Gasteiger partial charge < -0.3 is 20.5 Å². The maximum Gasteiger partial charge on any atom is 0.319 e. The number of urea groups is 1. The van der Waals surface area contributed by atoms with Gasteiger partial charge in [-0.25, -0.2) is 9.78 Å². The molecule has 0 bridgehead atoms. The van der Waals surface area contributed by atoms with E-state index in [9.17, 15) is 9.90 Å². The number of anilines is 1. The number of benzene rings is 1. The van der Waals surface area contributed by atoms with Crippen LogP contribution in [0.5, 0.6) is 5.75 Å². The summed E-state index contributed by atoms with van der Waals surface area (Å²) in [5.74, 6) is 0.356. The van der Waals surface area contributed by atoms with Crippen LogP contribution in [0.15, 0.2) is 36.5 Å². The quantitative estimate of drug-likeness (QED) is 0.658. The van der Waals surface area contributed by atoms with Crippen molar-refractivity contribution in [2.45, 2.75) is 6.10 Å². The van der Waals surface area contributed by atoms with Gasteiger partial charge in [0.15, 0.2) is 5.15 Å². The highest BCUT2D eigenvalue weighted by Gasteiger charge is 2.11. The van der Waals surface area contributed by atoms with E-state index in [1.807, 2.05) is 0 Å². The lowest BCUT2D eigenvalue weighted by Gasteiger charge is -2.15. The van der Waals surface area contributed by atoms with Crippen LogP contribution in [-0.2, 0) is 0 Å². The van der Waals surface area contributed by atoms with Crippen molar-refractivity contribution in [3.63, 3.8) is 0 Å². The zero-order valence-corrected chi connectivity index (χ0v) is 14.6. The number of nitrogens with zero attached hydrogens (tertiary/aromatic N) is 1. The summed E-state index contributed by atoms with van der Waals surface area (Å²) in [5.41, 5.74) is 0.369. The molecule has 1 aromatic carbocycles. The third-order valence-corrected chi connectivity index (χ3v) is 3.96. The second-order valence-electron chi connectivity index (χ2n) is 4.69. The average Bonchev–Trinajstić information content (AvgIpc) is 2.56. The number of nitrogens with one attached hydrogen (secondary N) is 2. The van der Waals surface area contributed by atoms with Crippen molar-refractivity contribution in [2.24, 2.45) is 0 Å². The number of rotatable bonds is 6. The topological polar surface area (TPSA) is 83.5 Å². The van der Waals surface area contributed by atoms with Gasteiger partial charge in [0.1, 0.15) is 23.5 Å². The Morgan fingerprint density at radius 3 is 2.79 bits per heavy atom. The normalized spacial score (nSPS) is 11.7. The first-order valence-corrected chi connectivity index (χ1v) is 8.01. The Morgan fingerprint density at radius 1 is 1.25 bits per heavy atom. The van der Waals surface area contributed by atoms with Crippen LogP contribution >= 0.6 is 34.8 Å². The Hall–Kier alpha value is -1.73. The standard InChI is InChI=1S/C15H14Cl3N3O3/c16-10-3-1-5-12(13(10)17)24-8-9(22)7-20-15(23)21-11-4-2-6-19-14(11)18/h1-6,9,22H,7-8H2,(H2,20,21,23). The zero-order valence-electron chi connectivity index (χ0n) is 12.3. The molecule has 24 heavy (non-hydrogen) atoms. The number of ether oxygens (including phenoxy) is 1. The minimum absolute atomic E-state index is 0.0259. The SMILES string of the molecule is O=C(NCC(O)COc1cccc(Cl)c1Cl)Nc1cccnc1Cl. The van der Waals surface area contributed by atoms with Gasteiger partial charge >= 0.3 is 6.03 Å². The van der Waals surface area contributed by atoms with Gasteiger partial charge in [-0.05, 0) is 24.3 Å². The highest BCUT2D eigenvalue weighted by Crippen LogP contribution is 2.31. The van der Waals surface area contributed by atoms with Crippen LogP contribution in [-0.4, -0.2) is 35.4 Å². The number of aliphatic hydroxyl groups excluding tert-OH is 1. The van der Waals surface area contributed by atoms with Crippen molar-refractivity contribution >= 4 is 46.5 Å². The molecular formula is C15H14Cl3N3O3. The third kappa shape index (κ3) is 5.42.